The Morgan fingerprint density at radius 3 is 2.76 bits per heavy atom. The molecule has 3 N–H and O–H groups in total. The summed E-state index contributed by atoms with van der Waals surface area (Å²) in [7, 11) is 0. The summed E-state index contributed by atoms with van der Waals surface area (Å²) in [6.45, 7) is 1.33. The predicted molar refractivity (Wildman–Crippen MR) is 81.6 cm³/mol. The van der Waals surface area contributed by atoms with Gasteiger partial charge in [0.1, 0.15) is 0 Å². The number of fused-ring (bicyclic) bond motifs is 1. The van der Waals surface area contributed by atoms with E-state index in [0.717, 1.165) is 43.4 Å². The van der Waals surface area contributed by atoms with E-state index >= 15 is 0 Å². The lowest BCUT2D eigenvalue weighted by Gasteiger charge is -2.30. The maximum Gasteiger partial charge on any atom is 0.336 e. The molecule has 1 aromatic rings. The number of nitrogens with zero attached hydrogens (tertiary/aromatic N) is 1. The fraction of sp³-hybridized carbons (Fsp3) is 0.500. The van der Waals surface area contributed by atoms with Crippen molar-refractivity contribution in [2.75, 3.05) is 18.0 Å². The van der Waals surface area contributed by atoms with E-state index in [1.807, 2.05) is 6.07 Å². The van der Waals surface area contributed by atoms with E-state index in [2.05, 4.69) is 0 Å². The average Bonchev–Trinajstić information content (AvgIpc) is 2.50. The molecule has 0 aliphatic carbocycles. The van der Waals surface area contributed by atoms with Crippen LogP contribution in [-0.4, -0.2) is 30.1 Å². The third-order valence-corrected chi connectivity index (χ3v) is 3.88. The molecule has 0 saturated heterocycles. The van der Waals surface area contributed by atoms with Crippen molar-refractivity contribution >= 4 is 17.6 Å². The van der Waals surface area contributed by atoms with Gasteiger partial charge < -0.3 is 15.7 Å². The highest BCUT2D eigenvalue weighted by Gasteiger charge is 2.25. The van der Waals surface area contributed by atoms with Crippen LogP contribution in [0.15, 0.2) is 18.2 Å². The van der Waals surface area contributed by atoms with Gasteiger partial charge in [-0.15, -0.1) is 0 Å². The number of anilines is 1. The third kappa shape index (κ3) is 3.61. The molecule has 1 amide bonds. The van der Waals surface area contributed by atoms with Crippen LogP contribution in [0.2, 0.25) is 0 Å². The van der Waals surface area contributed by atoms with Gasteiger partial charge in [0.15, 0.2) is 0 Å². The van der Waals surface area contributed by atoms with Gasteiger partial charge in [-0.3, -0.25) is 4.79 Å². The molecule has 2 rings (SSSR count). The first-order chi connectivity index (χ1) is 10.1. The highest BCUT2D eigenvalue weighted by atomic mass is 16.4. The van der Waals surface area contributed by atoms with Gasteiger partial charge in [0.2, 0.25) is 5.91 Å². The molecule has 0 fully saturated rings. The van der Waals surface area contributed by atoms with Crippen LogP contribution in [0.25, 0.3) is 0 Å². The lowest BCUT2D eigenvalue weighted by atomic mass is 9.96. The molecule has 5 heteroatoms. The summed E-state index contributed by atoms with van der Waals surface area (Å²) in [5, 5.41) is 9.25. The van der Waals surface area contributed by atoms with Crippen molar-refractivity contribution in [1.82, 2.24) is 0 Å². The number of carbonyl (C=O) groups is 2. The highest BCUT2D eigenvalue weighted by Crippen LogP contribution is 2.30. The molecule has 1 heterocycles. The Balaban J connectivity index is 2.13. The van der Waals surface area contributed by atoms with E-state index in [-0.39, 0.29) is 5.91 Å². The minimum absolute atomic E-state index is 0.0792. The Morgan fingerprint density at radius 1 is 1.24 bits per heavy atom. The first-order valence-corrected chi connectivity index (χ1v) is 7.50. The van der Waals surface area contributed by atoms with Crippen LogP contribution in [0.1, 0.15) is 48.0 Å². The number of aromatic carboxylic acids is 1. The molecular formula is C16H22N2O3. The monoisotopic (exact) mass is 290 g/mol. The second kappa shape index (κ2) is 7.22. The molecular weight excluding hydrogens is 268 g/mol. The maximum atomic E-state index is 12.4. The second-order valence-electron chi connectivity index (χ2n) is 5.36. The molecule has 0 unspecified atom stereocenters. The number of hydrogen-bond donors (Lipinski definition) is 2. The Morgan fingerprint density at radius 2 is 2.05 bits per heavy atom. The second-order valence-corrected chi connectivity index (χ2v) is 5.36. The molecule has 0 aromatic heterocycles. The van der Waals surface area contributed by atoms with Gasteiger partial charge in [0.25, 0.3) is 0 Å². The van der Waals surface area contributed by atoms with E-state index in [1.54, 1.807) is 17.0 Å². The topological polar surface area (TPSA) is 83.6 Å². The normalized spacial score (nSPS) is 13.9. The van der Waals surface area contributed by atoms with Gasteiger partial charge in [-0.2, -0.15) is 0 Å². The van der Waals surface area contributed by atoms with Crippen molar-refractivity contribution in [3.05, 3.63) is 29.3 Å². The summed E-state index contributed by atoms with van der Waals surface area (Å²) in [5.41, 5.74) is 7.31. The molecule has 1 aliphatic heterocycles. The van der Waals surface area contributed by atoms with E-state index < -0.39 is 5.97 Å². The zero-order valence-corrected chi connectivity index (χ0v) is 12.2. The van der Waals surface area contributed by atoms with Gasteiger partial charge >= 0.3 is 5.97 Å². The number of amides is 1. The molecule has 0 spiro atoms. The Kier molecular flexibility index (Phi) is 5.33. The quantitative estimate of drug-likeness (QED) is 0.787. The SMILES string of the molecule is NCCCCCC(=O)N1CCCc2c(C(=O)O)cccc21. The van der Waals surface area contributed by atoms with Gasteiger partial charge in [0.05, 0.1) is 5.56 Å². The summed E-state index contributed by atoms with van der Waals surface area (Å²) >= 11 is 0. The number of hydrogen-bond acceptors (Lipinski definition) is 3. The third-order valence-electron chi connectivity index (χ3n) is 3.88. The number of carboxylic acid groups (broad SMARTS) is 1. The Bertz CT molecular complexity index is 528. The number of nitrogens with two attached hydrogens (primary N) is 1. The maximum absolute atomic E-state index is 12.4. The van der Waals surface area contributed by atoms with Crippen molar-refractivity contribution in [3.8, 4) is 0 Å². The number of carbonyl (C=O) groups excluding carboxylic acids is 1. The average molecular weight is 290 g/mol. The summed E-state index contributed by atoms with van der Waals surface area (Å²) < 4.78 is 0. The lowest BCUT2D eigenvalue weighted by Crippen LogP contribution is -2.35. The number of rotatable bonds is 6. The fourth-order valence-electron chi connectivity index (χ4n) is 2.82. The van der Waals surface area contributed by atoms with E-state index in [1.165, 1.54) is 0 Å². The van der Waals surface area contributed by atoms with E-state index in [0.29, 0.717) is 25.1 Å². The zero-order chi connectivity index (χ0) is 15.2. The van der Waals surface area contributed by atoms with Gasteiger partial charge in [-0.25, -0.2) is 4.79 Å². The zero-order valence-electron chi connectivity index (χ0n) is 12.2. The first kappa shape index (κ1) is 15.5. The number of carboxylic acids is 1. The summed E-state index contributed by atoms with van der Waals surface area (Å²) in [6, 6.07) is 5.16. The molecule has 0 atom stereocenters. The van der Waals surface area contributed by atoms with Crippen molar-refractivity contribution in [3.63, 3.8) is 0 Å². The fourth-order valence-corrected chi connectivity index (χ4v) is 2.82. The summed E-state index contributed by atoms with van der Waals surface area (Å²) in [5.74, 6) is -0.848. The molecule has 1 aromatic carbocycles. The first-order valence-electron chi connectivity index (χ1n) is 7.50. The van der Waals surface area contributed by atoms with Gasteiger partial charge in [-0.1, -0.05) is 12.5 Å². The van der Waals surface area contributed by atoms with Crippen LogP contribution >= 0.6 is 0 Å². The van der Waals surface area contributed by atoms with Gasteiger partial charge in [-0.05, 0) is 49.9 Å². The molecule has 0 radical (unpaired) electrons. The van der Waals surface area contributed by atoms with Crippen molar-refractivity contribution in [2.24, 2.45) is 5.73 Å². The van der Waals surface area contributed by atoms with Crippen molar-refractivity contribution in [2.45, 2.75) is 38.5 Å². The minimum Gasteiger partial charge on any atom is -0.478 e. The molecule has 0 bridgehead atoms. The number of benzene rings is 1. The predicted octanol–water partition coefficient (Wildman–Crippen LogP) is 2.18. The van der Waals surface area contributed by atoms with E-state index in [4.69, 9.17) is 5.73 Å². The standard InChI is InChI=1S/C16H22N2O3/c17-10-3-1-2-9-15(19)18-11-5-7-12-13(16(20)21)6-4-8-14(12)18/h4,6,8H,1-3,5,7,9-11,17H2,(H,20,21). The highest BCUT2D eigenvalue weighted by molar-refractivity contribution is 5.98. The largest absolute Gasteiger partial charge is 0.478 e. The molecule has 0 saturated carbocycles. The van der Waals surface area contributed by atoms with Crippen molar-refractivity contribution in [1.29, 1.82) is 0 Å². The van der Waals surface area contributed by atoms with Crippen LogP contribution in [0.4, 0.5) is 5.69 Å². The Labute approximate surface area is 124 Å². The Hall–Kier alpha value is -1.88. The molecule has 1 aliphatic rings. The van der Waals surface area contributed by atoms with Gasteiger partial charge in [0, 0.05) is 18.7 Å². The molecule has 114 valence electrons. The van der Waals surface area contributed by atoms with Crippen LogP contribution in [0.3, 0.4) is 0 Å². The summed E-state index contributed by atoms with van der Waals surface area (Å²) in [6.07, 6.45) is 4.75. The van der Waals surface area contributed by atoms with Crippen LogP contribution < -0.4 is 10.6 Å². The molecule has 21 heavy (non-hydrogen) atoms. The van der Waals surface area contributed by atoms with E-state index in [9.17, 15) is 14.7 Å². The van der Waals surface area contributed by atoms with Crippen molar-refractivity contribution < 1.29 is 14.7 Å². The van der Waals surface area contributed by atoms with Crippen LogP contribution in [-0.2, 0) is 11.2 Å². The van der Waals surface area contributed by atoms with Crippen LogP contribution in [0.5, 0.6) is 0 Å². The van der Waals surface area contributed by atoms with Crippen LogP contribution in [0, 0.1) is 0 Å². The summed E-state index contributed by atoms with van der Waals surface area (Å²) in [4.78, 5) is 25.4. The minimum atomic E-state index is -0.927. The smallest absolute Gasteiger partial charge is 0.336 e. The molecule has 5 nitrogen and oxygen atoms in total. The lowest BCUT2D eigenvalue weighted by molar-refractivity contribution is -0.118. The number of unbranched alkanes of at least 4 members (excludes halogenated alkanes) is 2.